The molecule has 0 bridgehead atoms. The summed E-state index contributed by atoms with van der Waals surface area (Å²) in [4.78, 5) is 31.7. The van der Waals surface area contributed by atoms with Gasteiger partial charge in [0.15, 0.2) is 0 Å². The van der Waals surface area contributed by atoms with Gasteiger partial charge in [-0.15, -0.1) is 11.3 Å². The van der Waals surface area contributed by atoms with Crippen molar-refractivity contribution in [2.75, 3.05) is 25.5 Å². The van der Waals surface area contributed by atoms with Crippen LogP contribution in [0, 0.1) is 0 Å². The van der Waals surface area contributed by atoms with E-state index < -0.39 is 5.97 Å². The van der Waals surface area contributed by atoms with E-state index >= 15 is 0 Å². The van der Waals surface area contributed by atoms with Gasteiger partial charge in [-0.2, -0.15) is 0 Å². The maximum atomic E-state index is 13.7. The number of ether oxygens (including phenoxy) is 1. The average Bonchev–Trinajstić information content (AvgIpc) is 3.37. The lowest BCUT2D eigenvalue weighted by Crippen LogP contribution is -2.38. The molecule has 1 aliphatic heterocycles. The van der Waals surface area contributed by atoms with Gasteiger partial charge in [-0.25, -0.2) is 4.79 Å². The Balaban J connectivity index is 1.42. The second kappa shape index (κ2) is 10.4. The Morgan fingerprint density at radius 1 is 1.11 bits per heavy atom. The van der Waals surface area contributed by atoms with Crippen molar-refractivity contribution in [3.63, 3.8) is 0 Å². The number of piperidine rings is 1. The molecule has 7 nitrogen and oxygen atoms in total. The molecule has 0 spiro atoms. The van der Waals surface area contributed by atoms with E-state index in [0.717, 1.165) is 24.2 Å². The molecule has 0 saturated carbocycles. The van der Waals surface area contributed by atoms with E-state index in [4.69, 9.17) is 4.74 Å². The molecule has 0 aliphatic carbocycles. The van der Waals surface area contributed by atoms with E-state index in [2.05, 4.69) is 34.6 Å². The number of carboxylic acid groups (broad SMARTS) is 1. The van der Waals surface area contributed by atoms with Crippen LogP contribution < -0.4 is 10.1 Å². The Bertz CT molecular complexity index is 1390. The molecule has 8 heteroatoms. The molecule has 3 heterocycles. The highest BCUT2D eigenvalue weighted by molar-refractivity contribution is 7.18. The predicted molar refractivity (Wildman–Crippen MR) is 141 cm³/mol. The fraction of sp³-hybridized carbons (Fsp3) is 0.250. The molecular formula is C28H27N3O4S. The largest absolute Gasteiger partial charge is 0.497 e. The number of carbonyl (C=O) groups excluding carboxylic acids is 1. The maximum absolute atomic E-state index is 13.7. The first-order valence-corrected chi connectivity index (χ1v) is 12.8. The van der Waals surface area contributed by atoms with Gasteiger partial charge in [0.05, 0.1) is 34.1 Å². The number of likely N-dealkylation sites (tertiary alicyclic amines) is 1. The fourth-order valence-corrected chi connectivity index (χ4v) is 5.77. The number of pyridine rings is 1. The van der Waals surface area contributed by atoms with Gasteiger partial charge in [-0.3, -0.25) is 9.78 Å². The number of rotatable bonds is 7. The lowest BCUT2D eigenvalue weighted by Gasteiger charge is -2.32. The minimum absolute atomic E-state index is 0.0886. The molecule has 1 fully saturated rings. The average molecular weight is 502 g/mol. The molecule has 0 radical (unpaired) electrons. The number of thiophene rings is 1. The van der Waals surface area contributed by atoms with Gasteiger partial charge in [-0.05, 0) is 42.0 Å². The van der Waals surface area contributed by atoms with Gasteiger partial charge in [0.1, 0.15) is 5.75 Å². The zero-order chi connectivity index (χ0) is 25.1. The summed E-state index contributed by atoms with van der Waals surface area (Å²) in [5.41, 5.74) is 3.91. The fourth-order valence-electron chi connectivity index (χ4n) is 4.75. The quantitative estimate of drug-likeness (QED) is 0.341. The van der Waals surface area contributed by atoms with E-state index in [0.29, 0.717) is 47.0 Å². The Hall–Kier alpha value is -3.91. The van der Waals surface area contributed by atoms with Crippen LogP contribution in [0.25, 0.3) is 10.2 Å². The number of hydrogen-bond donors (Lipinski definition) is 2. The first kappa shape index (κ1) is 23.8. The van der Waals surface area contributed by atoms with E-state index in [1.165, 1.54) is 23.1 Å². The third-order valence-corrected chi connectivity index (χ3v) is 7.69. The van der Waals surface area contributed by atoms with Crippen molar-refractivity contribution in [3.05, 3.63) is 88.4 Å². The number of methoxy groups -OCH3 is 1. The minimum Gasteiger partial charge on any atom is -0.497 e. The highest BCUT2D eigenvalue weighted by Gasteiger charge is 2.28. The molecule has 2 N–H and O–H groups in total. The van der Waals surface area contributed by atoms with Gasteiger partial charge in [0.25, 0.3) is 5.91 Å². The van der Waals surface area contributed by atoms with Crippen molar-refractivity contribution in [3.8, 4) is 5.75 Å². The normalized spacial score (nSPS) is 14.1. The second-order valence-corrected chi connectivity index (χ2v) is 9.74. The number of anilines is 1. The van der Waals surface area contributed by atoms with Crippen molar-refractivity contribution >= 4 is 39.1 Å². The first-order valence-electron chi connectivity index (χ1n) is 11.9. The highest BCUT2D eigenvalue weighted by atomic mass is 32.1. The van der Waals surface area contributed by atoms with Gasteiger partial charge < -0.3 is 20.1 Å². The highest BCUT2D eigenvalue weighted by Crippen LogP contribution is 2.36. The van der Waals surface area contributed by atoms with Crippen molar-refractivity contribution in [1.29, 1.82) is 0 Å². The van der Waals surface area contributed by atoms with E-state index in [9.17, 15) is 14.7 Å². The van der Waals surface area contributed by atoms with Crippen LogP contribution in [0.1, 0.15) is 50.6 Å². The molecule has 2 aromatic heterocycles. The van der Waals surface area contributed by atoms with E-state index in [1.54, 1.807) is 12.5 Å². The maximum Gasteiger partial charge on any atom is 0.338 e. The Morgan fingerprint density at radius 3 is 2.61 bits per heavy atom. The molecule has 0 atom stereocenters. The van der Waals surface area contributed by atoms with E-state index in [1.807, 2.05) is 35.2 Å². The molecule has 0 unspecified atom stereocenters. The van der Waals surface area contributed by atoms with Gasteiger partial charge >= 0.3 is 5.97 Å². The van der Waals surface area contributed by atoms with Crippen molar-refractivity contribution in [2.45, 2.75) is 25.3 Å². The number of nitrogens with zero attached hydrogens (tertiary/aromatic N) is 2. The van der Waals surface area contributed by atoms with Gasteiger partial charge in [0.2, 0.25) is 0 Å². The van der Waals surface area contributed by atoms with Crippen LogP contribution in [0.3, 0.4) is 0 Å². The van der Waals surface area contributed by atoms with Crippen molar-refractivity contribution in [2.24, 2.45) is 0 Å². The third-order valence-electron chi connectivity index (χ3n) is 6.70. The monoisotopic (exact) mass is 501 g/mol. The van der Waals surface area contributed by atoms with Crippen LogP contribution in [0.5, 0.6) is 5.75 Å². The lowest BCUT2D eigenvalue weighted by molar-refractivity contribution is 0.0695. The van der Waals surface area contributed by atoms with Crippen LogP contribution in [-0.4, -0.2) is 47.1 Å². The number of benzene rings is 2. The van der Waals surface area contributed by atoms with Crippen LogP contribution in [0.4, 0.5) is 5.69 Å². The van der Waals surface area contributed by atoms with Crippen LogP contribution in [-0.2, 0) is 6.54 Å². The molecule has 36 heavy (non-hydrogen) atoms. The number of nitrogens with one attached hydrogen (secondary N) is 1. The number of aromatic carboxylic acids is 1. The molecule has 1 aliphatic rings. The predicted octanol–water partition coefficient (Wildman–Crippen LogP) is 5.64. The Labute approximate surface area is 213 Å². The van der Waals surface area contributed by atoms with E-state index in [-0.39, 0.29) is 11.5 Å². The zero-order valence-electron chi connectivity index (χ0n) is 19.9. The first-order chi connectivity index (χ1) is 17.5. The lowest BCUT2D eigenvalue weighted by atomic mass is 9.89. The van der Waals surface area contributed by atoms with Gasteiger partial charge in [-0.1, -0.05) is 42.5 Å². The molecule has 1 amide bonds. The summed E-state index contributed by atoms with van der Waals surface area (Å²) < 4.78 is 5.99. The summed E-state index contributed by atoms with van der Waals surface area (Å²) in [6, 6.07) is 18.1. The topological polar surface area (TPSA) is 91.8 Å². The number of carbonyl (C=O) groups is 2. The molecule has 5 rings (SSSR count). The summed E-state index contributed by atoms with van der Waals surface area (Å²) in [5, 5.41) is 14.6. The SMILES string of the molecule is COc1cccc(CNc2c(C(=O)N3CCC(c4ccccc4)CC3)cnc3c(C(=O)O)csc23)c1. The van der Waals surface area contributed by atoms with Crippen molar-refractivity contribution < 1.29 is 19.4 Å². The number of amides is 1. The summed E-state index contributed by atoms with van der Waals surface area (Å²) in [7, 11) is 1.62. The van der Waals surface area contributed by atoms with Crippen LogP contribution in [0.15, 0.2) is 66.2 Å². The summed E-state index contributed by atoms with van der Waals surface area (Å²) >= 11 is 1.29. The third kappa shape index (κ3) is 4.77. The number of hydrogen-bond acceptors (Lipinski definition) is 6. The van der Waals surface area contributed by atoms with Crippen LogP contribution in [0.2, 0.25) is 0 Å². The summed E-state index contributed by atoms with van der Waals surface area (Å²) in [6.45, 7) is 1.78. The Morgan fingerprint density at radius 2 is 1.89 bits per heavy atom. The Kier molecular flexibility index (Phi) is 6.86. The second-order valence-electron chi connectivity index (χ2n) is 8.86. The summed E-state index contributed by atoms with van der Waals surface area (Å²) in [5.74, 6) is 0.0665. The molecule has 184 valence electrons. The van der Waals surface area contributed by atoms with Crippen LogP contribution >= 0.6 is 11.3 Å². The number of carboxylic acids is 1. The smallest absolute Gasteiger partial charge is 0.338 e. The minimum atomic E-state index is -1.03. The number of fused-ring (bicyclic) bond motifs is 1. The number of aromatic nitrogens is 1. The molecule has 4 aromatic rings. The van der Waals surface area contributed by atoms with Gasteiger partial charge in [0, 0.05) is 31.2 Å². The molecular weight excluding hydrogens is 474 g/mol. The summed E-state index contributed by atoms with van der Waals surface area (Å²) in [6.07, 6.45) is 3.32. The standard InChI is InChI=1S/C28H27N3O4S/c1-35-21-9-5-6-18(14-21)15-29-24-22(16-30-25-23(28(33)34)17-36-26(24)25)27(32)31-12-10-20(11-13-31)19-7-3-2-4-8-19/h2-9,14,16-17,20H,10-13,15H2,1H3,(H,29,30)(H,33,34). The molecule has 1 saturated heterocycles. The zero-order valence-corrected chi connectivity index (χ0v) is 20.8. The molecule has 2 aromatic carbocycles. The van der Waals surface area contributed by atoms with Crippen molar-refractivity contribution in [1.82, 2.24) is 9.88 Å².